The SMILES string of the molecule is CCCc1cc(=O)n2c(n1)CC[C@H]2C. The molecule has 1 aromatic rings. The quantitative estimate of drug-likeness (QED) is 0.715. The lowest BCUT2D eigenvalue weighted by atomic mass is 10.2. The van der Waals surface area contributed by atoms with Crippen molar-refractivity contribution in [3.63, 3.8) is 0 Å². The predicted octanol–water partition coefficient (Wildman–Crippen LogP) is 1.70. The molecule has 0 bridgehead atoms. The first kappa shape index (κ1) is 9.44. The van der Waals surface area contributed by atoms with E-state index in [4.69, 9.17) is 0 Å². The number of aromatic nitrogens is 2. The Bertz CT molecular complexity index is 395. The third kappa shape index (κ3) is 1.47. The van der Waals surface area contributed by atoms with Crippen molar-refractivity contribution in [1.82, 2.24) is 9.55 Å². The summed E-state index contributed by atoms with van der Waals surface area (Å²) in [5.41, 5.74) is 1.08. The molecule has 1 aromatic heterocycles. The lowest BCUT2D eigenvalue weighted by Gasteiger charge is -2.08. The minimum Gasteiger partial charge on any atom is -0.294 e. The fourth-order valence-electron chi connectivity index (χ4n) is 2.09. The molecule has 2 heterocycles. The summed E-state index contributed by atoms with van der Waals surface area (Å²) in [7, 11) is 0. The summed E-state index contributed by atoms with van der Waals surface area (Å²) in [4.78, 5) is 16.3. The molecule has 0 saturated carbocycles. The van der Waals surface area contributed by atoms with Gasteiger partial charge in [-0.2, -0.15) is 0 Å². The van der Waals surface area contributed by atoms with Gasteiger partial charge in [-0.3, -0.25) is 9.36 Å². The highest BCUT2D eigenvalue weighted by Gasteiger charge is 2.20. The summed E-state index contributed by atoms with van der Waals surface area (Å²) in [6.07, 6.45) is 3.97. The van der Waals surface area contributed by atoms with Crippen molar-refractivity contribution in [3.8, 4) is 0 Å². The average Bonchev–Trinajstić information content (AvgIpc) is 2.48. The minimum atomic E-state index is 0.128. The Morgan fingerprint density at radius 3 is 3.14 bits per heavy atom. The molecule has 14 heavy (non-hydrogen) atoms. The highest BCUT2D eigenvalue weighted by molar-refractivity contribution is 5.09. The average molecular weight is 192 g/mol. The molecule has 1 atom stereocenters. The Kier molecular flexibility index (Phi) is 2.40. The van der Waals surface area contributed by atoms with Crippen molar-refractivity contribution < 1.29 is 0 Å². The molecular weight excluding hydrogens is 176 g/mol. The minimum absolute atomic E-state index is 0.128. The molecule has 3 heteroatoms. The van der Waals surface area contributed by atoms with E-state index < -0.39 is 0 Å². The third-order valence-corrected chi connectivity index (χ3v) is 2.81. The van der Waals surface area contributed by atoms with Gasteiger partial charge in [-0.15, -0.1) is 0 Å². The van der Waals surface area contributed by atoms with Crippen molar-refractivity contribution in [2.24, 2.45) is 0 Å². The molecule has 3 nitrogen and oxygen atoms in total. The molecule has 0 N–H and O–H groups in total. The fourth-order valence-corrected chi connectivity index (χ4v) is 2.09. The lowest BCUT2D eigenvalue weighted by Crippen LogP contribution is -2.23. The van der Waals surface area contributed by atoms with Gasteiger partial charge in [0.2, 0.25) is 0 Å². The maximum Gasteiger partial charge on any atom is 0.253 e. The normalized spacial score (nSPS) is 19.7. The van der Waals surface area contributed by atoms with Crippen molar-refractivity contribution in [2.45, 2.75) is 45.6 Å². The van der Waals surface area contributed by atoms with Crippen molar-refractivity contribution in [3.05, 3.63) is 27.9 Å². The second-order valence-electron chi connectivity index (χ2n) is 4.01. The van der Waals surface area contributed by atoms with Crippen LogP contribution in [0.2, 0.25) is 0 Å². The van der Waals surface area contributed by atoms with Gasteiger partial charge in [0.1, 0.15) is 5.82 Å². The van der Waals surface area contributed by atoms with Gasteiger partial charge in [-0.1, -0.05) is 13.3 Å². The molecule has 0 radical (unpaired) electrons. The van der Waals surface area contributed by atoms with Crippen LogP contribution in [0.5, 0.6) is 0 Å². The zero-order valence-corrected chi connectivity index (χ0v) is 8.79. The van der Waals surface area contributed by atoms with Crippen LogP contribution in [0.25, 0.3) is 0 Å². The second kappa shape index (κ2) is 3.56. The maximum atomic E-state index is 11.7. The number of nitrogens with zero attached hydrogens (tertiary/aromatic N) is 2. The zero-order valence-electron chi connectivity index (χ0n) is 8.79. The van der Waals surface area contributed by atoms with Crippen molar-refractivity contribution in [2.75, 3.05) is 0 Å². The number of hydrogen-bond acceptors (Lipinski definition) is 2. The first-order valence-electron chi connectivity index (χ1n) is 5.33. The highest BCUT2D eigenvalue weighted by atomic mass is 16.1. The molecular formula is C11H16N2O. The first-order valence-corrected chi connectivity index (χ1v) is 5.33. The lowest BCUT2D eigenvalue weighted by molar-refractivity contribution is 0.557. The van der Waals surface area contributed by atoms with Crippen LogP contribution in [0.4, 0.5) is 0 Å². The fraction of sp³-hybridized carbons (Fsp3) is 0.636. The molecule has 0 aliphatic carbocycles. The van der Waals surface area contributed by atoms with Gasteiger partial charge >= 0.3 is 0 Å². The molecule has 1 aliphatic rings. The second-order valence-corrected chi connectivity index (χ2v) is 4.01. The molecule has 2 rings (SSSR count). The summed E-state index contributed by atoms with van der Waals surface area (Å²) in [6, 6.07) is 2.02. The zero-order chi connectivity index (χ0) is 10.1. The Hall–Kier alpha value is -1.12. The largest absolute Gasteiger partial charge is 0.294 e. The Morgan fingerprint density at radius 2 is 2.43 bits per heavy atom. The van der Waals surface area contributed by atoms with E-state index in [1.54, 1.807) is 6.07 Å². The van der Waals surface area contributed by atoms with E-state index in [0.717, 1.165) is 37.2 Å². The standard InChI is InChI=1S/C11H16N2O/c1-3-4-9-7-11(14)13-8(2)5-6-10(13)12-9/h7-8H,3-6H2,1-2H3/t8-/m1/s1. The van der Waals surface area contributed by atoms with Crippen molar-refractivity contribution >= 4 is 0 Å². The Morgan fingerprint density at radius 1 is 1.64 bits per heavy atom. The first-order chi connectivity index (χ1) is 6.72. The van der Waals surface area contributed by atoms with Crippen molar-refractivity contribution in [1.29, 1.82) is 0 Å². The van der Waals surface area contributed by atoms with Gasteiger partial charge in [0.05, 0.1) is 0 Å². The molecule has 0 spiro atoms. The van der Waals surface area contributed by atoms with E-state index in [-0.39, 0.29) is 5.56 Å². The molecule has 76 valence electrons. The van der Waals surface area contributed by atoms with Gasteiger partial charge in [0.25, 0.3) is 5.56 Å². The van der Waals surface area contributed by atoms with Gasteiger partial charge in [-0.05, 0) is 19.8 Å². The molecule has 0 saturated heterocycles. The Labute approximate surface area is 83.8 Å². The van der Waals surface area contributed by atoms with Gasteiger partial charge < -0.3 is 0 Å². The molecule has 0 aromatic carbocycles. The van der Waals surface area contributed by atoms with Crippen LogP contribution in [0, 0.1) is 0 Å². The van der Waals surface area contributed by atoms with Gasteiger partial charge in [0.15, 0.2) is 0 Å². The molecule has 0 amide bonds. The van der Waals surface area contributed by atoms with Crippen LogP contribution >= 0.6 is 0 Å². The van der Waals surface area contributed by atoms with Crippen LogP contribution in [-0.4, -0.2) is 9.55 Å². The van der Waals surface area contributed by atoms with E-state index in [9.17, 15) is 4.79 Å². The summed E-state index contributed by atoms with van der Waals surface area (Å²) in [6.45, 7) is 4.19. The monoisotopic (exact) mass is 192 g/mol. The van der Waals surface area contributed by atoms with Gasteiger partial charge in [-0.25, -0.2) is 4.98 Å². The number of fused-ring (bicyclic) bond motifs is 1. The van der Waals surface area contributed by atoms with E-state index in [2.05, 4.69) is 18.8 Å². The molecule has 1 aliphatic heterocycles. The number of hydrogen-bond donors (Lipinski definition) is 0. The van der Waals surface area contributed by atoms with E-state index in [1.165, 1.54) is 0 Å². The van der Waals surface area contributed by atoms with Crippen LogP contribution in [0.15, 0.2) is 10.9 Å². The van der Waals surface area contributed by atoms with Crippen LogP contribution < -0.4 is 5.56 Å². The van der Waals surface area contributed by atoms with Gasteiger partial charge in [0, 0.05) is 24.2 Å². The smallest absolute Gasteiger partial charge is 0.253 e. The van der Waals surface area contributed by atoms with Crippen LogP contribution in [0.1, 0.15) is 44.2 Å². The van der Waals surface area contributed by atoms with Crippen LogP contribution in [-0.2, 0) is 12.8 Å². The van der Waals surface area contributed by atoms with E-state index in [0.29, 0.717) is 6.04 Å². The molecule has 0 fully saturated rings. The van der Waals surface area contributed by atoms with E-state index in [1.807, 2.05) is 4.57 Å². The Balaban J connectivity index is 2.46. The summed E-state index contributed by atoms with van der Waals surface area (Å²) >= 11 is 0. The van der Waals surface area contributed by atoms with Crippen LogP contribution in [0.3, 0.4) is 0 Å². The predicted molar refractivity (Wildman–Crippen MR) is 55.5 cm³/mol. The maximum absolute atomic E-state index is 11.7. The summed E-state index contributed by atoms with van der Waals surface area (Å²) < 4.78 is 1.83. The number of rotatable bonds is 2. The number of aryl methyl sites for hydroxylation is 2. The topological polar surface area (TPSA) is 34.9 Å². The summed E-state index contributed by atoms with van der Waals surface area (Å²) in [5.74, 6) is 0.980. The molecule has 0 unspecified atom stereocenters. The highest BCUT2D eigenvalue weighted by Crippen LogP contribution is 2.21. The third-order valence-electron chi connectivity index (χ3n) is 2.81. The summed E-state index contributed by atoms with van der Waals surface area (Å²) in [5, 5.41) is 0. The van der Waals surface area contributed by atoms with E-state index >= 15 is 0 Å².